The molecule has 0 radical (unpaired) electrons. The molecule has 3 heterocycles. The molecule has 2 aromatic rings. The summed E-state index contributed by atoms with van der Waals surface area (Å²) in [5.41, 5.74) is -4.92. The van der Waals surface area contributed by atoms with E-state index in [0.29, 0.717) is 10.8 Å². The third-order valence-corrected chi connectivity index (χ3v) is 4.79. The average molecular weight is 470 g/mol. The molecule has 0 aromatic carbocycles. The molecule has 0 aliphatic carbocycles. The van der Waals surface area contributed by atoms with Crippen molar-refractivity contribution in [1.82, 2.24) is 9.13 Å². The predicted octanol–water partition coefficient (Wildman–Crippen LogP) is 1.63. The Morgan fingerprint density at radius 2 is 2.09 bits per heavy atom. The van der Waals surface area contributed by atoms with Crippen molar-refractivity contribution in [2.75, 3.05) is 13.2 Å². The van der Waals surface area contributed by atoms with Crippen molar-refractivity contribution in [3.63, 3.8) is 0 Å². The van der Waals surface area contributed by atoms with E-state index in [1.54, 1.807) is 0 Å². The van der Waals surface area contributed by atoms with Gasteiger partial charge in [0, 0.05) is 18.5 Å². The second-order valence-corrected chi connectivity index (χ2v) is 7.53. The highest BCUT2D eigenvalue weighted by Crippen LogP contribution is 2.31. The minimum atomic E-state index is -5.16. The van der Waals surface area contributed by atoms with Gasteiger partial charge in [0.05, 0.1) is 19.0 Å². The summed E-state index contributed by atoms with van der Waals surface area (Å²) in [6.07, 6.45) is -7.00. The summed E-state index contributed by atoms with van der Waals surface area (Å²) >= 11 is 0. The molecule has 0 spiro atoms. The number of hydrogen-bond acceptors (Lipinski definition) is 7. The maximum absolute atomic E-state index is 13.5. The lowest BCUT2D eigenvalue weighted by atomic mass is 10.2. The van der Waals surface area contributed by atoms with Crippen LogP contribution in [0, 0.1) is 17.8 Å². The van der Waals surface area contributed by atoms with E-state index in [1.807, 2.05) is 13.8 Å². The van der Waals surface area contributed by atoms with Crippen molar-refractivity contribution in [3.8, 4) is 11.8 Å². The minimum Gasteiger partial charge on any atom is -0.459 e. The van der Waals surface area contributed by atoms with Gasteiger partial charge in [-0.15, -0.1) is 0 Å². The fourth-order valence-corrected chi connectivity index (χ4v) is 3.27. The molecule has 33 heavy (non-hydrogen) atoms. The SMILES string of the molecule is CC(C)C#CCO[C@H]1C[C@H](n2cc(C(F)(F)F)c(=O)n(C(=O)c3ccco3)c2=O)O[C@@H]1CO. The van der Waals surface area contributed by atoms with Crippen LogP contribution in [0.25, 0.3) is 0 Å². The van der Waals surface area contributed by atoms with Crippen molar-refractivity contribution in [2.45, 2.75) is 44.9 Å². The first-order valence-corrected chi connectivity index (χ1v) is 9.94. The molecule has 3 atom stereocenters. The van der Waals surface area contributed by atoms with E-state index in [1.165, 1.54) is 6.07 Å². The van der Waals surface area contributed by atoms with Gasteiger partial charge in [0.25, 0.3) is 5.56 Å². The monoisotopic (exact) mass is 470 g/mol. The third kappa shape index (κ3) is 5.27. The van der Waals surface area contributed by atoms with E-state index in [9.17, 15) is 32.7 Å². The van der Waals surface area contributed by atoms with Crippen LogP contribution in [0.15, 0.2) is 38.6 Å². The van der Waals surface area contributed by atoms with E-state index in [4.69, 9.17) is 13.9 Å². The summed E-state index contributed by atoms with van der Waals surface area (Å²) in [4.78, 5) is 37.9. The van der Waals surface area contributed by atoms with E-state index in [0.717, 1.165) is 12.3 Å². The van der Waals surface area contributed by atoms with Crippen LogP contribution in [0.3, 0.4) is 0 Å². The van der Waals surface area contributed by atoms with Crippen molar-refractivity contribution in [3.05, 3.63) is 56.8 Å². The van der Waals surface area contributed by atoms with Gasteiger partial charge in [0.15, 0.2) is 5.76 Å². The highest BCUT2D eigenvalue weighted by Gasteiger charge is 2.41. The quantitative estimate of drug-likeness (QED) is 0.661. The van der Waals surface area contributed by atoms with E-state index < -0.39 is 59.7 Å². The number of hydrogen-bond donors (Lipinski definition) is 1. The third-order valence-electron chi connectivity index (χ3n) is 4.79. The average Bonchev–Trinajstić information content (AvgIpc) is 3.40. The van der Waals surface area contributed by atoms with Gasteiger partial charge in [-0.25, -0.2) is 4.79 Å². The lowest BCUT2D eigenvalue weighted by Gasteiger charge is -2.18. The highest BCUT2D eigenvalue weighted by molar-refractivity contribution is 5.93. The van der Waals surface area contributed by atoms with E-state index in [2.05, 4.69) is 11.8 Å². The van der Waals surface area contributed by atoms with Crippen molar-refractivity contribution in [2.24, 2.45) is 5.92 Å². The Morgan fingerprint density at radius 3 is 2.67 bits per heavy atom. The number of rotatable bonds is 5. The predicted molar refractivity (Wildman–Crippen MR) is 106 cm³/mol. The second-order valence-electron chi connectivity index (χ2n) is 7.53. The lowest BCUT2D eigenvalue weighted by Crippen LogP contribution is -2.47. The van der Waals surface area contributed by atoms with Crippen LogP contribution in [0.2, 0.25) is 0 Å². The maximum atomic E-state index is 13.5. The molecule has 0 unspecified atom stereocenters. The fourth-order valence-electron chi connectivity index (χ4n) is 3.27. The van der Waals surface area contributed by atoms with Gasteiger partial charge in [-0.05, 0) is 12.1 Å². The zero-order valence-corrected chi connectivity index (χ0v) is 17.7. The largest absolute Gasteiger partial charge is 0.459 e. The van der Waals surface area contributed by atoms with Gasteiger partial charge in [-0.2, -0.15) is 17.7 Å². The number of furan rings is 1. The van der Waals surface area contributed by atoms with E-state index >= 15 is 0 Å². The van der Waals surface area contributed by atoms with Gasteiger partial charge >= 0.3 is 17.8 Å². The molecule has 0 saturated carbocycles. The van der Waals surface area contributed by atoms with Crippen molar-refractivity contribution >= 4 is 5.91 Å². The molecular weight excluding hydrogens is 449 g/mol. The first-order chi connectivity index (χ1) is 15.5. The summed E-state index contributed by atoms with van der Waals surface area (Å²) in [5, 5.41) is 9.58. The van der Waals surface area contributed by atoms with Gasteiger partial charge in [-0.1, -0.05) is 25.7 Å². The number of halogens is 3. The molecule has 2 aromatic heterocycles. The van der Waals surface area contributed by atoms with Crippen molar-refractivity contribution < 1.29 is 37.0 Å². The Labute approximate surface area is 185 Å². The molecule has 1 saturated heterocycles. The number of carbonyl (C=O) groups is 1. The summed E-state index contributed by atoms with van der Waals surface area (Å²) in [6, 6.07) is 2.38. The second kappa shape index (κ2) is 9.78. The molecule has 3 rings (SSSR count). The number of aromatic nitrogens is 2. The first-order valence-electron chi connectivity index (χ1n) is 9.94. The molecular formula is C21H21F3N2O7. The van der Waals surface area contributed by atoms with Gasteiger partial charge < -0.3 is 19.0 Å². The van der Waals surface area contributed by atoms with E-state index in [-0.39, 0.29) is 23.5 Å². The Balaban J connectivity index is 2.01. The molecule has 1 N–H and O–H groups in total. The standard InChI is InChI=1S/C21H21F3N2O7/c1-12(2)5-3-7-32-15-9-17(33-16(15)11-27)25-10-13(21(22,23)24)18(28)26(20(25)30)19(29)14-6-4-8-31-14/h4,6,8,10,12,15-17,27H,7,9,11H2,1-2H3/t15-,16+,17+/m0/s1. The van der Waals surface area contributed by atoms with Crippen LogP contribution in [-0.2, 0) is 15.7 Å². The maximum Gasteiger partial charge on any atom is 0.423 e. The molecule has 1 aliphatic heterocycles. The molecule has 1 aliphatic rings. The Morgan fingerprint density at radius 1 is 1.36 bits per heavy atom. The summed E-state index contributed by atoms with van der Waals surface area (Å²) in [5.74, 6) is 3.89. The number of ether oxygens (including phenoxy) is 2. The minimum absolute atomic E-state index is 0.0192. The molecule has 1 fully saturated rings. The highest BCUT2D eigenvalue weighted by atomic mass is 19.4. The Hall–Kier alpha value is -3.14. The smallest absolute Gasteiger partial charge is 0.423 e. The topological polar surface area (TPSA) is 113 Å². The summed E-state index contributed by atoms with van der Waals surface area (Å²) < 4.78 is 56.9. The van der Waals surface area contributed by atoms with Gasteiger partial charge in [0.1, 0.15) is 24.5 Å². The zero-order valence-electron chi connectivity index (χ0n) is 17.7. The Bertz CT molecular complexity index is 1170. The number of aliphatic hydroxyl groups excluding tert-OH is 1. The molecule has 9 nitrogen and oxygen atoms in total. The van der Waals surface area contributed by atoms with Gasteiger partial charge in [0.2, 0.25) is 0 Å². The zero-order chi connectivity index (χ0) is 24.3. The molecule has 12 heteroatoms. The number of nitrogens with zero attached hydrogens (tertiary/aromatic N) is 2. The summed E-state index contributed by atoms with van der Waals surface area (Å²) in [6.45, 7) is 3.20. The fraction of sp³-hybridized carbons (Fsp3) is 0.476. The van der Waals surface area contributed by atoms with Crippen molar-refractivity contribution in [1.29, 1.82) is 0 Å². The first kappa shape index (κ1) is 24.5. The number of aliphatic hydroxyl groups is 1. The van der Waals surface area contributed by atoms with Crippen LogP contribution in [0.1, 0.15) is 42.6 Å². The van der Waals surface area contributed by atoms with Crippen LogP contribution in [0.5, 0.6) is 0 Å². The Kier molecular flexibility index (Phi) is 7.26. The summed E-state index contributed by atoms with van der Waals surface area (Å²) in [7, 11) is 0. The van der Waals surface area contributed by atoms with Crippen LogP contribution in [0.4, 0.5) is 13.2 Å². The van der Waals surface area contributed by atoms with Crippen LogP contribution < -0.4 is 11.2 Å². The number of carbonyl (C=O) groups excluding carboxylic acids is 1. The molecule has 0 amide bonds. The normalized spacial score (nSPS) is 20.6. The van der Waals surface area contributed by atoms with Gasteiger partial charge in [-0.3, -0.25) is 14.2 Å². The molecule has 0 bridgehead atoms. The van der Waals surface area contributed by atoms with Crippen LogP contribution in [-0.4, -0.2) is 45.6 Å². The number of alkyl halides is 3. The lowest BCUT2D eigenvalue weighted by molar-refractivity contribution is -0.139. The molecule has 178 valence electrons. The van der Waals surface area contributed by atoms with Crippen LogP contribution >= 0.6 is 0 Å².